The van der Waals surface area contributed by atoms with Gasteiger partial charge in [-0.1, -0.05) is 17.6 Å². The molecular formula is C18H26N4OS. The Balaban J connectivity index is 2.01. The van der Waals surface area contributed by atoms with Crippen LogP contribution in [0.4, 0.5) is 11.5 Å². The number of aliphatic imine (C=N–C) groups is 1. The third-order valence-corrected chi connectivity index (χ3v) is 4.82. The lowest BCUT2D eigenvalue weighted by molar-refractivity contribution is 0.0989. The maximum absolute atomic E-state index is 5.58. The Morgan fingerprint density at radius 3 is 2.88 bits per heavy atom. The first-order valence-corrected chi connectivity index (χ1v) is 10.5. The summed E-state index contributed by atoms with van der Waals surface area (Å²) in [5.74, 6) is 0.809. The van der Waals surface area contributed by atoms with E-state index in [9.17, 15) is 0 Å². The Kier molecular flexibility index (Phi) is 5.46. The predicted molar refractivity (Wildman–Crippen MR) is 104 cm³/mol. The van der Waals surface area contributed by atoms with E-state index in [-0.39, 0.29) is 16.7 Å². The highest BCUT2D eigenvalue weighted by atomic mass is 32.2. The highest BCUT2D eigenvalue weighted by Gasteiger charge is 2.21. The van der Waals surface area contributed by atoms with Gasteiger partial charge in [0.05, 0.1) is 24.9 Å². The van der Waals surface area contributed by atoms with Crippen LogP contribution in [0.3, 0.4) is 0 Å². The molecule has 0 N–H and O–H groups in total. The van der Waals surface area contributed by atoms with Gasteiger partial charge in [0.15, 0.2) is 5.82 Å². The van der Waals surface area contributed by atoms with Gasteiger partial charge in [0.25, 0.3) is 0 Å². The van der Waals surface area contributed by atoms with Crippen molar-refractivity contribution < 1.29 is 4.74 Å². The maximum Gasteiger partial charge on any atom is 0.161 e. The van der Waals surface area contributed by atoms with E-state index in [4.69, 9.17) is 14.1 Å². The lowest BCUT2D eigenvalue weighted by atomic mass is 10.1. The number of anilines is 1. The summed E-state index contributed by atoms with van der Waals surface area (Å²) < 4.78 is 10.3. The molecule has 2 atom stereocenters. The SMILES string of the molecule is CCC1C=C(c2cc(N3CCOCC3C)cc(N=S(C)C)n2)C=N1. The van der Waals surface area contributed by atoms with Gasteiger partial charge in [0.1, 0.15) is 0 Å². The fraction of sp³-hybridized carbons (Fsp3) is 0.556. The second-order valence-electron chi connectivity index (χ2n) is 6.43. The molecule has 1 fully saturated rings. The molecule has 3 heterocycles. The van der Waals surface area contributed by atoms with Gasteiger partial charge in [0.2, 0.25) is 0 Å². The van der Waals surface area contributed by atoms with Gasteiger partial charge in [-0.25, -0.2) is 9.35 Å². The zero-order chi connectivity index (χ0) is 17.1. The van der Waals surface area contributed by atoms with Gasteiger partial charge in [0, 0.05) is 36.1 Å². The van der Waals surface area contributed by atoms with Crippen LogP contribution in [0.2, 0.25) is 0 Å². The molecule has 2 unspecified atom stereocenters. The second kappa shape index (κ2) is 7.57. The average Bonchev–Trinajstić information content (AvgIpc) is 3.03. The van der Waals surface area contributed by atoms with E-state index >= 15 is 0 Å². The molecule has 5 nitrogen and oxygen atoms in total. The number of allylic oxidation sites excluding steroid dienone is 1. The van der Waals surface area contributed by atoms with Gasteiger partial charge >= 0.3 is 0 Å². The van der Waals surface area contributed by atoms with Crippen molar-refractivity contribution in [1.29, 1.82) is 0 Å². The summed E-state index contributed by atoms with van der Waals surface area (Å²) in [5, 5.41) is 0. The van der Waals surface area contributed by atoms with Crippen LogP contribution >= 0.6 is 0 Å². The molecule has 0 amide bonds. The minimum atomic E-state index is -0.0407. The first kappa shape index (κ1) is 17.3. The van der Waals surface area contributed by atoms with Gasteiger partial charge < -0.3 is 9.64 Å². The Labute approximate surface area is 146 Å². The van der Waals surface area contributed by atoms with Crippen LogP contribution in [0.5, 0.6) is 0 Å². The normalized spacial score (nSPS) is 23.7. The van der Waals surface area contributed by atoms with Crippen molar-refractivity contribution in [3.05, 3.63) is 23.9 Å². The molecule has 0 aromatic carbocycles. The Morgan fingerprint density at radius 2 is 2.21 bits per heavy atom. The van der Waals surface area contributed by atoms with E-state index in [1.165, 1.54) is 5.69 Å². The van der Waals surface area contributed by atoms with E-state index in [1.54, 1.807) is 0 Å². The van der Waals surface area contributed by atoms with Crippen LogP contribution in [0.25, 0.3) is 5.57 Å². The first-order chi connectivity index (χ1) is 11.6. The van der Waals surface area contributed by atoms with E-state index in [0.29, 0.717) is 6.04 Å². The van der Waals surface area contributed by atoms with Crippen molar-refractivity contribution in [1.82, 2.24) is 4.98 Å². The number of morpholine rings is 1. The summed E-state index contributed by atoms with van der Waals surface area (Å²) in [7, 11) is -0.0407. The predicted octanol–water partition coefficient (Wildman–Crippen LogP) is 3.25. The number of ether oxygens (including phenoxy) is 1. The summed E-state index contributed by atoms with van der Waals surface area (Å²) in [6.07, 6.45) is 9.38. The summed E-state index contributed by atoms with van der Waals surface area (Å²) in [5.41, 5.74) is 3.25. The van der Waals surface area contributed by atoms with Crippen LogP contribution in [-0.2, 0) is 15.4 Å². The van der Waals surface area contributed by atoms with Crippen molar-refractivity contribution in [2.45, 2.75) is 32.4 Å². The minimum Gasteiger partial charge on any atom is -0.377 e. The molecule has 0 saturated carbocycles. The molecule has 130 valence electrons. The molecule has 0 aliphatic carbocycles. The van der Waals surface area contributed by atoms with Crippen LogP contribution in [-0.4, -0.2) is 55.6 Å². The number of rotatable bonds is 4. The lowest BCUT2D eigenvalue weighted by Gasteiger charge is -2.35. The highest BCUT2D eigenvalue weighted by Crippen LogP contribution is 2.29. The van der Waals surface area contributed by atoms with E-state index in [2.05, 4.69) is 54.5 Å². The van der Waals surface area contributed by atoms with Crippen molar-refractivity contribution in [3.8, 4) is 0 Å². The monoisotopic (exact) mass is 346 g/mol. The number of pyridine rings is 1. The topological polar surface area (TPSA) is 50.1 Å². The lowest BCUT2D eigenvalue weighted by Crippen LogP contribution is -2.43. The van der Waals surface area contributed by atoms with Crippen LogP contribution < -0.4 is 4.90 Å². The number of hydrogen-bond acceptors (Lipinski definition) is 5. The molecule has 24 heavy (non-hydrogen) atoms. The standard InChI is InChI=1S/C18H26N4OS/c1-5-15-8-14(11-19-15)17-9-16(10-18(20-17)21-24(3)4)22-6-7-23-12-13(22)2/h8-11,13,15H,5-7,12H2,1-4H3. The summed E-state index contributed by atoms with van der Waals surface area (Å²) in [6, 6.07) is 4.90. The van der Waals surface area contributed by atoms with Crippen molar-refractivity contribution in [2.24, 2.45) is 9.36 Å². The van der Waals surface area contributed by atoms with E-state index in [0.717, 1.165) is 43.3 Å². The fourth-order valence-corrected chi connectivity index (χ4v) is 3.47. The summed E-state index contributed by atoms with van der Waals surface area (Å²) in [4.78, 5) is 11.7. The molecule has 6 heteroatoms. The van der Waals surface area contributed by atoms with Gasteiger partial charge in [-0.15, -0.1) is 0 Å². The van der Waals surface area contributed by atoms with Gasteiger partial charge in [-0.2, -0.15) is 0 Å². The Morgan fingerprint density at radius 1 is 1.38 bits per heavy atom. The number of nitrogens with zero attached hydrogens (tertiary/aromatic N) is 4. The number of aromatic nitrogens is 1. The molecule has 1 saturated heterocycles. The fourth-order valence-electron chi connectivity index (χ4n) is 3.00. The third-order valence-electron chi connectivity index (χ3n) is 4.26. The molecular weight excluding hydrogens is 320 g/mol. The zero-order valence-corrected chi connectivity index (χ0v) is 15.7. The number of hydrogen-bond donors (Lipinski definition) is 0. The smallest absolute Gasteiger partial charge is 0.161 e. The molecule has 0 radical (unpaired) electrons. The Hall–Kier alpha value is -1.53. The Bertz CT molecular complexity index is 694. The van der Waals surface area contributed by atoms with E-state index in [1.807, 2.05) is 6.21 Å². The molecule has 3 rings (SSSR count). The highest BCUT2D eigenvalue weighted by molar-refractivity contribution is 7.85. The van der Waals surface area contributed by atoms with Gasteiger partial charge in [-0.05, 0) is 38.0 Å². The average molecular weight is 346 g/mol. The van der Waals surface area contributed by atoms with Crippen LogP contribution in [0.15, 0.2) is 27.6 Å². The summed E-state index contributed by atoms with van der Waals surface area (Å²) in [6.45, 7) is 6.78. The molecule has 0 bridgehead atoms. The van der Waals surface area contributed by atoms with Crippen LogP contribution in [0, 0.1) is 0 Å². The summed E-state index contributed by atoms with van der Waals surface area (Å²) >= 11 is 0. The first-order valence-electron chi connectivity index (χ1n) is 8.48. The second-order valence-corrected chi connectivity index (χ2v) is 8.16. The third kappa shape index (κ3) is 3.92. The molecule has 2 aliphatic heterocycles. The largest absolute Gasteiger partial charge is 0.377 e. The molecule has 2 aliphatic rings. The zero-order valence-electron chi connectivity index (χ0n) is 14.9. The minimum absolute atomic E-state index is 0.0407. The van der Waals surface area contributed by atoms with Crippen molar-refractivity contribution in [2.75, 3.05) is 37.2 Å². The van der Waals surface area contributed by atoms with Gasteiger partial charge in [-0.3, -0.25) is 4.99 Å². The van der Waals surface area contributed by atoms with E-state index < -0.39 is 0 Å². The molecule has 1 aromatic rings. The van der Waals surface area contributed by atoms with Crippen LogP contribution in [0.1, 0.15) is 26.0 Å². The molecule has 0 spiro atoms. The maximum atomic E-state index is 5.58. The van der Waals surface area contributed by atoms with Crippen molar-refractivity contribution >= 4 is 34.0 Å². The molecule has 1 aromatic heterocycles. The quantitative estimate of drug-likeness (QED) is 0.841. The van der Waals surface area contributed by atoms with Crippen molar-refractivity contribution in [3.63, 3.8) is 0 Å².